The average molecular weight is 304 g/mol. The van der Waals surface area contributed by atoms with E-state index < -0.39 is 24.2 Å². The number of pyridine rings is 1. The van der Waals surface area contributed by atoms with Crippen molar-refractivity contribution in [2.75, 3.05) is 13.2 Å². The van der Waals surface area contributed by atoms with Crippen molar-refractivity contribution in [1.82, 2.24) is 10.3 Å². The number of nitrogens with one attached hydrogen (secondary N) is 1. The molecular formula is C13H15F3N2O3. The molecule has 1 amide bonds. The number of halogens is 3. The van der Waals surface area contributed by atoms with Crippen LogP contribution in [0.3, 0.4) is 0 Å². The molecule has 0 aliphatic heterocycles. The Balaban J connectivity index is 2.77. The van der Waals surface area contributed by atoms with Crippen LogP contribution in [0.4, 0.5) is 13.2 Å². The third-order valence-corrected chi connectivity index (χ3v) is 2.56. The Kier molecular flexibility index (Phi) is 5.71. The number of aromatic nitrogens is 1. The molecule has 1 rings (SSSR count). The van der Waals surface area contributed by atoms with Gasteiger partial charge in [-0.3, -0.25) is 9.78 Å². The molecule has 0 bridgehead atoms. The summed E-state index contributed by atoms with van der Waals surface area (Å²) in [6.45, 7) is 0.719. The fourth-order valence-corrected chi connectivity index (χ4v) is 1.33. The van der Waals surface area contributed by atoms with Gasteiger partial charge in [0.25, 0.3) is 5.91 Å². The van der Waals surface area contributed by atoms with E-state index in [2.05, 4.69) is 9.72 Å². The van der Waals surface area contributed by atoms with Gasteiger partial charge in [-0.05, 0) is 25.1 Å². The first-order valence-electron chi connectivity index (χ1n) is 6.07. The molecular weight excluding hydrogens is 289 g/mol. The van der Waals surface area contributed by atoms with Crippen molar-refractivity contribution in [2.24, 2.45) is 0 Å². The van der Waals surface area contributed by atoms with Crippen LogP contribution in [0.1, 0.15) is 17.3 Å². The second-order valence-corrected chi connectivity index (χ2v) is 4.10. The van der Waals surface area contributed by atoms with Crippen molar-refractivity contribution in [1.29, 1.82) is 0 Å². The van der Waals surface area contributed by atoms with Crippen LogP contribution < -0.4 is 5.32 Å². The number of hydrogen-bond acceptors (Lipinski definition) is 4. The fourth-order valence-electron chi connectivity index (χ4n) is 1.33. The second kappa shape index (κ2) is 7.07. The number of alkyl halides is 3. The van der Waals surface area contributed by atoms with Gasteiger partial charge in [-0.15, -0.1) is 0 Å². The smallest absolute Gasteiger partial charge is 0.422 e. The largest absolute Gasteiger partial charge is 0.502 e. The molecule has 116 valence electrons. The Morgan fingerprint density at radius 1 is 1.43 bits per heavy atom. The Bertz CT molecular complexity index is 491. The van der Waals surface area contributed by atoms with Crippen LogP contribution in [-0.4, -0.2) is 40.9 Å². The van der Waals surface area contributed by atoms with Crippen molar-refractivity contribution in [3.63, 3.8) is 0 Å². The van der Waals surface area contributed by atoms with Crippen LogP contribution in [-0.2, 0) is 4.74 Å². The van der Waals surface area contributed by atoms with Crippen molar-refractivity contribution in [3.05, 3.63) is 42.4 Å². The molecule has 0 saturated heterocycles. The molecule has 0 aliphatic rings. The number of hydrogen-bond donors (Lipinski definition) is 2. The maximum Gasteiger partial charge on any atom is 0.422 e. The summed E-state index contributed by atoms with van der Waals surface area (Å²) in [4.78, 5) is 15.4. The standard InChI is InChI=1S/C13H15F3N2O3/c1-2-21-8-5-12(20,13(14,15)16)9-18-11(19)10-3-6-17-7-4-10/h3-8,20H,2,9H2,1H3,(H,18,19)/b8-5+. The molecule has 0 spiro atoms. The third-order valence-electron chi connectivity index (χ3n) is 2.56. The normalized spacial score (nSPS) is 14.7. The van der Waals surface area contributed by atoms with Crippen molar-refractivity contribution < 1.29 is 27.8 Å². The van der Waals surface area contributed by atoms with Crippen molar-refractivity contribution >= 4 is 5.91 Å². The van der Waals surface area contributed by atoms with E-state index in [1.807, 2.05) is 5.32 Å². The lowest BCUT2D eigenvalue weighted by atomic mass is 10.0. The first kappa shape index (κ1) is 17.0. The molecule has 0 aliphatic carbocycles. The molecule has 1 aromatic rings. The van der Waals surface area contributed by atoms with Crippen LogP contribution >= 0.6 is 0 Å². The second-order valence-electron chi connectivity index (χ2n) is 4.10. The molecule has 2 N–H and O–H groups in total. The van der Waals surface area contributed by atoms with Crippen LogP contribution in [0, 0.1) is 0 Å². The Labute approximate surface area is 119 Å². The van der Waals surface area contributed by atoms with Gasteiger partial charge in [0.15, 0.2) is 5.60 Å². The number of rotatable bonds is 6. The molecule has 5 nitrogen and oxygen atoms in total. The Hall–Kier alpha value is -2.09. The Morgan fingerprint density at radius 3 is 2.57 bits per heavy atom. The van der Waals surface area contributed by atoms with Gasteiger partial charge in [-0.2, -0.15) is 13.2 Å². The zero-order valence-electron chi connectivity index (χ0n) is 11.2. The number of aliphatic hydroxyl groups is 1. The molecule has 1 aromatic heterocycles. The van der Waals surface area contributed by atoms with Gasteiger partial charge in [0.1, 0.15) is 0 Å². The molecule has 0 aromatic carbocycles. The van der Waals surface area contributed by atoms with Crippen LogP contribution in [0.2, 0.25) is 0 Å². The number of nitrogens with zero attached hydrogens (tertiary/aromatic N) is 1. The highest BCUT2D eigenvalue weighted by atomic mass is 19.4. The summed E-state index contributed by atoms with van der Waals surface area (Å²) < 4.78 is 43.3. The quantitative estimate of drug-likeness (QED) is 0.784. The molecule has 0 saturated carbocycles. The third kappa shape index (κ3) is 4.75. The van der Waals surface area contributed by atoms with Gasteiger partial charge in [-0.1, -0.05) is 0 Å². The van der Waals surface area contributed by atoms with Gasteiger partial charge in [0, 0.05) is 18.0 Å². The summed E-state index contributed by atoms with van der Waals surface area (Å²) in [5.41, 5.74) is -3.06. The monoisotopic (exact) mass is 304 g/mol. The van der Waals surface area contributed by atoms with E-state index in [4.69, 9.17) is 0 Å². The van der Waals surface area contributed by atoms with E-state index >= 15 is 0 Å². The van der Waals surface area contributed by atoms with E-state index in [1.165, 1.54) is 24.5 Å². The molecule has 0 radical (unpaired) electrons. The minimum atomic E-state index is -4.95. The summed E-state index contributed by atoms with van der Waals surface area (Å²) in [6, 6.07) is 2.69. The van der Waals surface area contributed by atoms with Gasteiger partial charge in [-0.25, -0.2) is 0 Å². The summed E-state index contributed by atoms with van der Waals surface area (Å²) in [5.74, 6) is -0.745. The zero-order valence-corrected chi connectivity index (χ0v) is 11.2. The van der Waals surface area contributed by atoms with E-state index in [0.29, 0.717) is 6.08 Å². The van der Waals surface area contributed by atoms with Crippen molar-refractivity contribution in [3.8, 4) is 0 Å². The molecule has 1 atom stereocenters. The van der Waals surface area contributed by atoms with Crippen LogP contribution in [0.5, 0.6) is 0 Å². The van der Waals surface area contributed by atoms with Gasteiger partial charge >= 0.3 is 6.18 Å². The first-order chi connectivity index (χ1) is 9.80. The summed E-state index contributed by atoms with van der Waals surface area (Å²) in [6.07, 6.45) is -1.07. The minimum absolute atomic E-state index is 0.142. The Morgan fingerprint density at radius 2 is 2.05 bits per heavy atom. The number of amides is 1. The molecule has 8 heteroatoms. The number of ether oxygens (including phenoxy) is 1. The van der Waals surface area contributed by atoms with E-state index in [-0.39, 0.29) is 12.2 Å². The van der Waals surface area contributed by atoms with E-state index in [0.717, 1.165) is 6.26 Å². The summed E-state index contributed by atoms with van der Waals surface area (Å²) in [5, 5.41) is 11.7. The first-order valence-corrected chi connectivity index (χ1v) is 6.07. The van der Waals surface area contributed by atoms with Crippen LogP contribution in [0.15, 0.2) is 36.9 Å². The maximum absolute atomic E-state index is 12.9. The van der Waals surface area contributed by atoms with E-state index in [9.17, 15) is 23.1 Å². The zero-order chi connectivity index (χ0) is 15.9. The highest BCUT2D eigenvalue weighted by Gasteiger charge is 2.52. The predicted molar refractivity (Wildman–Crippen MR) is 68.3 cm³/mol. The van der Waals surface area contributed by atoms with Gasteiger partial charge < -0.3 is 15.2 Å². The number of carbonyl (C=O) groups excluding carboxylic acids is 1. The minimum Gasteiger partial charge on any atom is -0.502 e. The topological polar surface area (TPSA) is 71.5 Å². The molecule has 0 fully saturated rings. The molecule has 1 unspecified atom stereocenters. The SMILES string of the molecule is CCO/C=C/C(O)(CNC(=O)c1ccncc1)C(F)(F)F. The van der Waals surface area contributed by atoms with E-state index in [1.54, 1.807) is 6.92 Å². The predicted octanol–water partition coefficient (Wildman–Crippen LogP) is 1.66. The lowest BCUT2D eigenvalue weighted by molar-refractivity contribution is -0.237. The summed E-state index contributed by atoms with van der Waals surface area (Å²) >= 11 is 0. The fraction of sp³-hybridized carbons (Fsp3) is 0.385. The van der Waals surface area contributed by atoms with Gasteiger partial charge in [0.2, 0.25) is 0 Å². The highest BCUT2D eigenvalue weighted by Crippen LogP contribution is 2.31. The maximum atomic E-state index is 12.9. The summed E-state index contributed by atoms with van der Waals surface area (Å²) in [7, 11) is 0. The molecule has 1 heterocycles. The average Bonchev–Trinajstić information content (AvgIpc) is 2.45. The lowest BCUT2D eigenvalue weighted by Crippen LogP contribution is -2.52. The van der Waals surface area contributed by atoms with Gasteiger partial charge in [0.05, 0.1) is 19.4 Å². The lowest BCUT2D eigenvalue weighted by Gasteiger charge is -2.27. The molecule has 21 heavy (non-hydrogen) atoms. The highest BCUT2D eigenvalue weighted by molar-refractivity contribution is 5.94. The van der Waals surface area contributed by atoms with Crippen LogP contribution in [0.25, 0.3) is 0 Å². The van der Waals surface area contributed by atoms with Crippen molar-refractivity contribution in [2.45, 2.75) is 18.7 Å². The number of carbonyl (C=O) groups is 1.